The zero-order valence-electron chi connectivity index (χ0n) is 13.6. The molecule has 1 aliphatic rings. The van der Waals surface area contributed by atoms with Gasteiger partial charge in [-0.25, -0.2) is 0 Å². The fourth-order valence-corrected chi connectivity index (χ4v) is 3.35. The van der Waals surface area contributed by atoms with Crippen molar-refractivity contribution in [3.63, 3.8) is 0 Å². The van der Waals surface area contributed by atoms with Gasteiger partial charge in [0.15, 0.2) is 0 Å². The summed E-state index contributed by atoms with van der Waals surface area (Å²) in [4.78, 5) is 13.6. The molecule has 0 bridgehead atoms. The molecular formula is C21H23NO. The fraction of sp³-hybridized carbons (Fsp3) is 0.286. The highest BCUT2D eigenvalue weighted by molar-refractivity contribution is 5.74. The third-order valence-electron chi connectivity index (χ3n) is 4.70. The van der Waals surface area contributed by atoms with E-state index in [2.05, 4.69) is 78.6 Å². The van der Waals surface area contributed by atoms with Crippen LogP contribution in [0.2, 0.25) is 0 Å². The van der Waals surface area contributed by atoms with Crippen LogP contribution < -0.4 is 0 Å². The molecule has 0 spiro atoms. The number of aldehydes is 1. The van der Waals surface area contributed by atoms with Crippen LogP contribution in [0.5, 0.6) is 0 Å². The van der Waals surface area contributed by atoms with Gasteiger partial charge in [0.2, 0.25) is 0 Å². The molecule has 3 rings (SSSR count). The van der Waals surface area contributed by atoms with Gasteiger partial charge in [-0.3, -0.25) is 9.69 Å². The monoisotopic (exact) mass is 305 g/mol. The SMILES string of the molecule is C[C@@H](c1ccccc1)N(Cc1ccccc1)[C@@H]1C=C(C=O)CC1. The van der Waals surface area contributed by atoms with Crippen molar-refractivity contribution in [1.82, 2.24) is 4.90 Å². The van der Waals surface area contributed by atoms with Gasteiger partial charge in [0, 0.05) is 18.6 Å². The maximum Gasteiger partial charge on any atom is 0.145 e. The van der Waals surface area contributed by atoms with E-state index in [1.165, 1.54) is 11.1 Å². The Labute approximate surface area is 138 Å². The molecule has 118 valence electrons. The van der Waals surface area contributed by atoms with Gasteiger partial charge in [-0.1, -0.05) is 66.7 Å². The van der Waals surface area contributed by atoms with Crippen LogP contribution in [0.15, 0.2) is 72.3 Å². The Balaban J connectivity index is 1.87. The molecule has 2 heteroatoms. The molecular weight excluding hydrogens is 282 g/mol. The Bertz CT molecular complexity index is 663. The van der Waals surface area contributed by atoms with Gasteiger partial charge in [-0.15, -0.1) is 0 Å². The number of nitrogens with zero attached hydrogens (tertiary/aromatic N) is 1. The molecule has 0 aromatic heterocycles. The van der Waals surface area contributed by atoms with Crippen LogP contribution in [0, 0.1) is 0 Å². The second-order valence-corrected chi connectivity index (χ2v) is 6.21. The summed E-state index contributed by atoms with van der Waals surface area (Å²) >= 11 is 0. The average Bonchev–Trinajstić information content (AvgIpc) is 3.09. The Morgan fingerprint density at radius 1 is 1.09 bits per heavy atom. The lowest BCUT2D eigenvalue weighted by atomic mass is 10.0. The third kappa shape index (κ3) is 3.77. The lowest BCUT2D eigenvalue weighted by molar-refractivity contribution is -0.105. The molecule has 2 nitrogen and oxygen atoms in total. The first-order valence-corrected chi connectivity index (χ1v) is 8.28. The summed E-state index contributed by atoms with van der Waals surface area (Å²) in [6.07, 6.45) is 5.07. The van der Waals surface area contributed by atoms with Crippen LogP contribution >= 0.6 is 0 Å². The maximum atomic E-state index is 11.1. The van der Waals surface area contributed by atoms with Crippen molar-refractivity contribution in [2.45, 2.75) is 38.4 Å². The van der Waals surface area contributed by atoms with E-state index in [0.717, 1.165) is 31.2 Å². The molecule has 0 amide bonds. The highest BCUT2D eigenvalue weighted by Gasteiger charge is 2.27. The number of rotatable bonds is 6. The number of carbonyl (C=O) groups excluding carboxylic acids is 1. The van der Waals surface area contributed by atoms with Gasteiger partial charge in [0.25, 0.3) is 0 Å². The van der Waals surface area contributed by atoms with Gasteiger partial charge in [-0.05, 0) is 36.5 Å². The normalized spacial score (nSPS) is 18.7. The summed E-state index contributed by atoms with van der Waals surface area (Å²) in [6, 6.07) is 21.8. The van der Waals surface area contributed by atoms with Crippen molar-refractivity contribution in [2.24, 2.45) is 0 Å². The van der Waals surface area contributed by atoms with E-state index in [1.807, 2.05) is 0 Å². The molecule has 1 aliphatic carbocycles. The van der Waals surface area contributed by atoms with Crippen LogP contribution in [0.25, 0.3) is 0 Å². The van der Waals surface area contributed by atoms with E-state index in [0.29, 0.717) is 12.1 Å². The molecule has 2 aromatic carbocycles. The van der Waals surface area contributed by atoms with E-state index < -0.39 is 0 Å². The number of hydrogen-bond donors (Lipinski definition) is 0. The lowest BCUT2D eigenvalue weighted by Crippen LogP contribution is -2.34. The molecule has 0 N–H and O–H groups in total. The topological polar surface area (TPSA) is 20.3 Å². The quantitative estimate of drug-likeness (QED) is 0.730. The first kappa shape index (κ1) is 15.7. The van der Waals surface area contributed by atoms with Crippen molar-refractivity contribution in [2.75, 3.05) is 0 Å². The minimum atomic E-state index is 0.309. The van der Waals surface area contributed by atoms with Crippen LogP contribution in [0.4, 0.5) is 0 Å². The van der Waals surface area contributed by atoms with Crippen LogP contribution in [-0.4, -0.2) is 17.2 Å². The maximum absolute atomic E-state index is 11.1. The number of hydrogen-bond acceptors (Lipinski definition) is 2. The lowest BCUT2D eigenvalue weighted by Gasteiger charge is -2.34. The fourth-order valence-electron chi connectivity index (χ4n) is 3.35. The molecule has 0 saturated carbocycles. The number of carbonyl (C=O) groups is 1. The number of allylic oxidation sites excluding steroid dienone is 1. The molecule has 0 saturated heterocycles. The second-order valence-electron chi connectivity index (χ2n) is 6.21. The molecule has 0 radical (unpaired) electrons. The smallest absolute Gasteiger partial charge is 0.145 e. The van der Waals surface area contributed by atoms with E-state index >= 15 is 0 Å². The summed E-state index contributed by atoms with van der Waals surface area (Å²) < 4.78 is 0. The largest absolute Gasteiger partial charge is 0.298 e. The molecule has 0 fully saturated rings. The highest BCUT2D eigenvalue weighted by Crippen LogP contribution is 2.31. The standard InChI is InChI=1S/C21H23NO/c1-17(20-10-6-3-7-11-20)22(15-18-8-4-2-5-9-18)21-13-12-19(14-21)16-23/h2-11,14,16-17,21H,12-13,15H2,1H3/t17-,21-/m0/s1. The Morgan fingerprint density at radius 3 is 2.35 bits per heavy atom. The van der Waals surface area contributed by atoms with Gasteiger partial charge in [0.1, 0.15) is 6.29 Å². The van der Waals surface area contributed by atoms with Gasteiger partial charge in [-0.2, -0.15) is 0 Å². The van der Waals surface area contributed by atoms with Crippen molar-refractivity contribution >= 4 is 6.29 Å². The van der Waals surface area contributed by atoms with Crippen molar-refractivity contribution in [3.8, 4) is 0 Å². The van der Waals surface area contributed by atoms with E-state index in [-0.39, 0.29) is 0 Å². The zero-order valence-corrected chi connectivity index (χ0v) is 13.6. The van der Waals surface area contributed by atoms with E-state index in [4.69, 9.17) is 0 Å². The van der Waals surface area contributed by atoms with Crippen molar-refractivity contribution in [3.05, 3.63) is 83.4 Å². The predicted molar refractivity (Wildman–Crippen MR) is 94.0 cm³/mol. The Kier molecular flexibility index (Phi) is 5.04. The molecule has 0 aliphatic heterocycles. The van der Waals surface area contributed by atoms with E-state index in [1.54, 1.807) is 0 Å². The molecule has 2 aromatic rings. The van der Waals surface area contributed by atoms with Crippen LogP contribution in [0.1, 0.15) is 36.9 Å². The van der Waals surface area contributed by atoms with Gasteiger partial charge in [0.05, 0.1) is 0 Å². The first-order valence-electron chi connectivity index (χ1n) is 8.28. The summed E-state index contributed by atoms with van der Waals surface area (Å²) in [6.45, 7) is 3.15. The minimum absolute atomic E-state index is 0.309. The Morgan fingerprint density at radius 2 is 1.74 bits per heavy atom. The van der Waals surface area contributed by atoms with Crippen molar-refractivity contribution in [1.29, 1.82) is 0 Å². The average molecular weight is 305 g/mol. The van der Waals surface area contributed by atoms with Crippen LogP contribution in [0.3, 0.4) is 0 Å². The summed E-state index contributed by atoms with van der Waals surface area (Å²) in [7, 11) is 0. The highest BCUT2D eigenvalue weighted by atomic mass is 16.1. The predicted octanol–water partition coefficient (Wildman–Crippen LogP) is 4.54. The second kappa shape index (κ2) is 7.38. The van der Waals surface area contributed by atoms with Gasteiger partial charge >= 0.3 is 0 Å². The Hall–Kier alpha value is -2.19. The zero-order chi connectivity index (χ0) is 16.1. The first-order chi connectivity index (χ1) is 11.3. The number of benzene rings is 2. The van der Waals surface area contributed by atoms with Gasteiger partial charge < -0.3 is 0 Å². The third-order valence-corrected chi connectivity index (χ3v) is 4.70. The molecule has 0 unspecified atom stereocenters. The molecule has 23 heavy (non-hydrogen) atoms. The molecule has 0 heterocycles. The molecule has 2 atom stereocenters. The van der Waals surface area contributed by atoms with Crippen LogP contribution in [-0.2, 0) is 11.3 Å². The summed E-state index contributed by atoms with van der Waals surface area (Å²) in [5.41, 5.74) is 3.56. The van der Waals surface area contributed by atoms with E-state index in [9.17, 15) is 4.79 Å². The van der Waals surface area contributed by atoms with Crippen molar-refractivity contribution < 1.29 is 4.79 Å². The summed E-state index contributed by atoms with van der Waals surface area (Å²) in [5, 5.41) is 0. The minimum Gasteiger partial charge on any atom is -0.298 e. The summed E-state index contributed by atoms with van der Waals surface area (Å²) in [5.74, 6) is 0.